The zero-order chi connectivity index (χ0) is 11.7. The van der Waals surface area contributed by atoms with Gasteiger partial charge in [0.15, 0.2) is 0 Å². The van der Waals surface area contributed by atoms with E-state index in [-0.39, 0.29) is 0 Å². The molecule has 0 rings (SSSR count). The Kier molecular flexibility index (Phi) is 4.99. The minimum atomic E-state index is -1.55. The van der Waals surface area contributed by atoms with E-state index in [1.807, 2.05) is 0 Å². The molecule has 0 heterocycles. The van der Waals surface area contributed by atoms with E-state index in [4.69, 9.17) is 0 Å². The Balaban J connectivity index is 4.85. The molecule has 1 unspecified atom stereocenters. The van der Waals surface area contributed by atoms with E-state index >= 15 is 0 Å². The molecule has 0 spiro atoms. The van der Waals surface area contributed by atoms with Gasteiger partial charge in [-0.15, -0.1) is 0 Å². The summed E-state index contributed by atoms with van der Waals surface area (Å²) in [6.07, 6.45) is 0. The average molecular weight is 275 g/mol. The van der Waals surface area contributed by atoms with Gasteiger partial charge in [0.2, 0.25) is 0 Å². The Labute approximate surface area is 95.2 Å². The molecule has 0 nitrogen and oxygen atoms in total. The van der Waals surface area contributed by atoms with Gasteiger partial charge in [-0.05, 0) is 0 Å². The molecule has 14 heavy (non-hydrogen) atoms. The van der Waals surface area contributed by atoms with Crippen molar-refractivity contribution in [1.29, 1.82) is 0 Å². The molecule has 0 aromatic carbocycles. The summed E-state index contributed by atoms with van der Waals surface area (Å²) < 4.78 is 2.04. The van der Waals surface area contributed by atoms with Crippen LogP contribution in [0.1, 0.15) is 34.6 Å². The molecule has 0 radical (unpaired) electrons. The van der Waals surface area contributed by atoms with Crippen LogP contribution in [0, 0.1) is 0 Å². The molecular formula is C12H30GeSi. The zero-order valence-electron chi connectivity index (χ0n) is 11.7. The molecule has 0 aliphatic carbocycles. The minimum absolute atomic E-state index is 0.932. The van der Waals surface area contributed by atoms with Crippen LogP contribution >= 0.6 is 0 Å². The summed E-state index contributed by atoms with van der Waals surface area (Å²) in [6.45, 7) is 17.5. The summed E-state index contributed by atoms with van der Waals surface area (Å²) in [5.41, 5.74) is 0.932. The fraction of sp³-hybridized carbons (Fsp3) is 1.00. The standard InChI is InChI=1S/C12H30GeSi/c1-10(2)13(6,7)12(5)14(8,9)11(3)4/h10-12H,1-9H3. The van der Waals surface area contributed by atoms with Gasteiger partial charge in [0.25, 0.3) is 0 Å². The number of rotatable bonds is 4. The topological polar surface area (TPSA) is 0 Å². The van der Waals surface area contributed by atoms with Crippen molar-refractivity contribution in [3.05, 3.63) is 0 Å². The molecular weight excluding hydrogens is 245 g/mol. The summed E-state index contributed by atoms with van der Waals surface area (Å²) in [6, 6.07) is 0. The molecule has 0 amide bonds. The van der Waals surface area contributed by atoms with E-state index in [0.717, 1.165) is 14.7 Å². The Bertz CT molecular complexity index is 163. The summed E-state index contributed by atoms with van der Waals surface area (Å²) in [5, 5.41) is 0. The molecule has 0 bridgehead atoms. The SMILES string of the molecule is CC(C)[Si](C)(C)[CH](C)[Ge]([CH3])([CH3])[CH](C)C. The van der Waals surface area contributed by atoms with E-state index < -0.39 is 21.3 Å². The summed E-state index contributed by atoms with van der Waals surface area (Å²) in [7, 11) is -0.999. The average Bonchev–Trinajstić information content (AvgIpc) is 2.02. The van der Waals surface area contributed by atoms with E-state index in [2.05, 4.69) is 59.2 Å². The molecule has 0 fully saturated rings. The monoisotopic (exact) mass is 276 g/mol. The van der Waals surface area contributed by atoms with Crippen LogP contribution in [0.3, 0.4) is 0 Å². The molecule has 2 heteroatoms. The fourth-order valence-corrected chi connectivity index (χ4v) is 22.9. The van der Waals surface area contributed by atoms with Gasteiger partial charge >= 0.3 is 95.2 Å². The van der Waals surface area contributed by atoms with Crippen LogP contribution in [0.5, 0.6) is 0 Å². The van der Waals surface area contributed by atoms with Crippen LogP contribution in [0.2, 0.25) is 39.3 Å². The first-order valence-electron chi connectivity index (χ1n) is 6.04. The second-order valence-electron chi connectivity index (χ2n) is 6.67. The Hall–Kier alpha value is 0.760. The van der Waals surface area contributed by atoms with Crippen molar-refractivity contribution in [2.24, 2.45) is 0 Å². The predicted molar refractivity (Wildman–Crippen MR) is 74.6 cm³/mol. The second kappa shape index (κ2) is 4.73. The summed E-state index contributed by atoms with van der Waals surface area (Å²) >= 11 is -1.55. The van der Waals surface area contributed by atoms with Gasteiger partial charge < -0.3 is 0 Å². The molecule has 0 aromatic heterocycles. The molecule has 0 aliphatic rings. The van der Waals surface area contributed by atoms with Gasteiger partial charge in [0.1, 0.15) is 0 Å². The van der Waals surface area contributed by atoms with Crippen molar-refractivity contribution in [1.82, 2.24) is 0 Å². The van der Waals surface area contributed by atoms with Crippen LogP contribution in [0.15, 0.2) is 0 Å². The van der Waals surface area contributed by atoms with Gasteiger partial charge in [-0.1, -0.05) is 0 Å². The normalized spacial score (nSPS) is 16.5. The Morgan fingerprint density at radius 2 is 1.21 bits per heavy atom. The van der Waals surface area contributed by atoms with Crippen LogP contribution < -0.4 is 0 Å². The van der Waals surface area contributed by atoms with Gasteiger partial charge in [-0.3, -0.25) is 0 Å². The molecule has 1 atom stereocenters. The van der Waals surface area contributed by atoms with Gasteiger partial charge in [0.05, 0.1) is 0 Å². The second-order valence-corrected chi connectivity index (χ2v) is 25.4. The van der Waals surface area contributed by atoms with E-state index in [0.29, 0.717) is 0 Å². The predicted octanol–water partition coefficient (Wildman–Crippen LogP) is 5.15. The fourth-order valence-electron chi connectivity index (χ4n) is 1.96. The van der Waals surface area contributed by atoms with Crippen molar-refractivity contribution in [3.8, 4) is 0 Å². The van der Waals surface area contributed by atoms with E-state index in [1.54, 1.807) is 0 Å². The quantitative estimate of drug-likeness (QED) is 0.622. The van der Waals surface area contributed by atoms with Crippen LogP contribution in [0.4, 0.5) is 0 Å². The van der Waals surface area contributed by atoms with Crippen molar-refractivity contribution in [2.75, 3.05) is 0 Å². The molecule has 0 saturated carbocycles. The third-order valence-electron chi connectivity index (χ3n) is 5.21. The summed E-state index contributed by atoms with van der Waals surface area (Å²) in [5.74, 6) is 5.26. The van der Waals surface area contributed by atoms with E-state index in [9.17, 15) is 0 Å². The van der Waals surface area contributed by atoms with E-state index in [1.165, 1.54) is 0 Å². The molecule has 86 valence electrons. The Morgan fingerprint density at radius 3 is 1.43 bits per heavy atom. The maximum atomic E-state index is 2.63. The van der Waals surface area contributed by atoms with Gasteiger partial charge in [-0.2, -0.15) is 0 Å². The number of hydrogen-bond acceptors (Lipinski definition) is 0. The van der Waals surface area contributed by atoms with Crippen molar-refractivity contribution in [2.45, 2.75) is 73.9 Å². The third-order valence-corrected chi connectivity index (χ3v) is 29.9. The maximum absolute atomic E-state index is 2.63. The first-order chi connectivity index (χ1) is 6.04. The number of hydrogen-bond donors (Lipinski definition) is 0. The molecule has 0 N–H and O–H groups in total. The van der Waals surface area contributed by atoms with Crippen LogP contribution in [-0.4, -0.2) is 21.3 Å². The Morgan fingerprint density at radius 1 is 0.857 bits per heavy atom. The first kappa shape index (κ1) is 14.8. The molecule has 0 saturated heterocycles. The zero-order valence-corrected chi connectivity index (χ0v) is 14.8. The summed E-state index contributed by atoms with van der Waals surface area (Å²) in [4.78, 5) is 0. The first-order valence-corrected chi connectivity index (χ1v) is 15.8. The van der Waals surface area contributed by atoms with Crippen LogP contribution in [-0.2, 0) is 0 Å². The van der Waals surface area contributed by atoms with Crippen molar-refractivity contribution >= 4 is 21.3 Å². The third kappa shape index (κ3) is 2.88. The van der Waals surface area contributed by atoms with Crippen LogP contribution in [0.25, 0.3) is 0 Å². The van der Waals surface area contributed by atoms with Crippen molar-refractivity contribution < 1.29 is 0 Å². The van der Waals surface area contributed by atoms with Gasteiger partial charge in [-0.25, -0.2) is 0 Å². The van der Waals surface area contributed by atoms with Gasteiger partial charge in [0, 0.05) is 0 Å². The molecule has 0 aliphatic heterocycles. The van der Waals surface area contributed by atoms with Crippen molar-refractivity contribution in [3.63, 3.8) is 0 Å². The molecule has 0 aromatic rings.